The number of sulfone groups is 1. The van der Waals surface area contributed by atoms with Crippen LogP contribution in [0.15, 0.2) is 53.4 Å². The van der Waals surface area contributed by atoms with Gasteiger partial charge in [0, 0.05) is 39.0 Å². The zero-order valence-electron chi connectivity index (χ0n) is 17.3. The van der Waals surface area contributed by atoms with Crippen LogP contribution < -0.4 is 5.32 Å². The van der Waals surface area contributed by atoms with E-state index in [0.29, 0.717) is 13.1 Å². The first-order chi connectivity index (χ1) is 13.7. The van der Waals surface area contributed by atoms with Crippen molar-refractivity contribution in [1.29, 1.82) is 0 Å². The van der Waals surface area contributed by atoms with Crippen LogP contribution in [-0.2, 0) is 16.4 Å². The first-order valence-electron chi connectivity index (χ1n) is 9.86. The Morgan fingerprint density at radius 2 is 1.72 bits per heavy atom. The summed E-state index contributed by atoms with van der Waals surface area (Å²) in [5.41, 5.74) is 3.44. The third-order valence-corrected chi connectivity index (χ3v) is 6.42. The van der Waals surface area contributed by atoms with E-state index in [-0.39, 0.29) is 17.0 Å². The van der Waals surface area contributed by atoms with Crippen LogP contribution in [0.4, 0.5) is 4.79 Å². The fraction of sp³-hybridized carbons (Fsp3) is 0.409. The van der Waals surface area contributed by atoms with Gasteiger partial charge in [-0.15, -0.1) is 0 Å². The number of aryl methyl sites for hydroxylation is 1. The van der Waals surface area contributed by atoms with Gasteiger partial charge in [-0.3, -0.25) is 4.90 Å². The molecular weight excluding hydrogens is 386 g/mol. The number of hydrogen-bond donors (Lipinski definition) is 1. The van der Waals surface area contributed by atoms with Crippen molar-refractivity contribution in [3.8, 4) is 0 Å². The van der Waals surface area contributed by atoms with Crippen molar-refractivity contribution < 1.29 is 13.2 Å². The van der Waals surface area contributed by atoms with Crippen LogP contribution in [-0.4, -0.2) is 56.7 Å². The third kappa shape index (κ3) is 5.81. The van der Waals surface area contributed by atoms with Crippen LogP contribution in [0.1, 0.15) is 29.7 Å². The van der Waals surface area contributed by atoms with E-state index < -0.39 is 9.84 Å². The smallest absolute Gasteiger partial charge is 0.317 e. The summed E-state index contributed by atoms with van der Waals surface area (Å²) < 4.78 is 23.2. The number of urea groups is 1. The predicted molar refractivity (Wildman–Crippen MR) is 115 cm³/mol. The van der Waals surface area contributed by atoms with Crippen LogP contribution in [0, 0.1) is 6.92 Å². The number of amides is 2. The fourth-order valence-electron chi connectivity index (χ4n) is 3.54. The summed E-state index contributed by atoms with van der Waals surface area (Å²) in [6.07, 6.45) is 1.19. The number of nitrogens with one attached hydrogen (secondary N) is 1. The van der Waals surface area contributed by atoms with E-state index in [4.69, 9.17) is 0 Å². The van der Waals surface area contributed by atoms with Gasteiger partial charge in [-0.05, 0) is 37.1 Å². The quantitative estimate of drug-likeness (QED) is 0.815. The molecule has 0 saturated carbocycles. The van der Waals surface area contributed by atoms with Crippen molar-refractivity contribution in [2.24, 2.45) is 0 Å². The molecule has 3 rings (SSSR count). The van der Waals surface area contributed by atoms with E-state index in [9.17, 15) is 13.2 Å². The molecule has 0 spiro atoms. The van der Waals surface area contributed by atoms with Crippen molar-refractivity contribution in [3.05, 3.63) is 65.2 Å². The first kappa shape index (κ1) is 21.3. The van der Waals surface area contributed by atoms with Crippen molar-refractivity contribution in [3.63, 3.8) is 0 Å². The molecule has 29 heavy (non-hydrogen) atoms. The molecule has 1 aliphatic rings. The third-order valence-electron chi connectivity index (χ3n) is 5.30. The molecule has 2 amide bonds. The maximum atomic E-state index is 12.6. The highest BCUT2D eigenvalue weighted by molar-refractivity contribution is 7.90. The summed E-state index contributed by atoms with van der Waals surface area (Å²) in [5, 5.41) is 3.02. The van der Waals surface area contributed by atoms with Gasteiger partial charge in [0.1, 0.15) is 0 Å². The summed E-state index contributed by atoms with van der Waals surface area (Å²) >= 11 is 0. The van der Waals surface area contributed by atoms with Gasteiger partial charge in [-0.25, -0.2) is 13.2 Å². The lowest BCUT2D eigenvalue weighted by Gasteiger charge is -2.35. The summed E-state index contributed by atoms with van der Waals surface area (Å²) in [6.45, 7) is 7.98. The van der Waals surface area contributed by atoms with E-state index in [1.165, 1.54) is 17.4 Å². The Bertz CT molecular complexity index is 950. The van der Waals surface area contributed by atoms with Gasteiger partial charge in [0.25, 0.3) is 0 Å². The maximum Gasteiger partial charge on any atom is 0.317 e. The van der Waals surface area contributed by atoms with E-state index in [0.717, 1.165) is 25.2 Å². The fourth-order valence-corrected chi connectivity index (χ4v) is 4.17. The van der Waals surface area contributed by atoms with Gasteiger partial charge < -0.3 is 10.2 Å². The number of carbonyl (C=O) groups excluding carboxylic acids is 1. The summed E-state index contributed by atoms with van der Waals surface area (Å²) in [4.78, 5) is 17.1. The van der Waals surface area contributed by atoms with Gasteiger partial charge in [-0.2, -0.15) is 0 Å². The Kier molecular flexibility index (Phi) is 6.59. The molecule has 156 valence electrons. The van der Waals surface area contributed by atoms with Crippen molar-refractivity contribution in [2.45, 2.75) is 31.3 Å². The molecule has 0 bridgehead atoms. The molecule has 1 fully saturated rings. The predicted octanol–water partition coefficient (Wildman–Crippen LogP) is 2.99. The summed E-state index contributed by atoms with van der Waals surface area (Å²) in [7, 11) is -3.22. The van der Waals surface area contributed by atoms with Gasteiger partial charge in [-0.1, -0.05) is 42.0 Å². The van der Waals surface area contributed by atoms with Crippen LogP contribution in [0.2, 0.25) is 0 Å². The average molecular weight is 416 g/mol. The summed E-state index contributed by atoms with van der Waals surface area (Å²) in [6, 6.07) is 14.9. The second kappa shape index (κ2) is 8.97. The van der Waals surface area contributed by atoms with E-state index in [1.54, 1.807) is 24.3 Å². The molecule has 1 heterocycles. The number of carbonyl (C=O) groups is 1. The molecular formula is C22H29N3O3S. The molecule has 2 aromatic carbocycles. The highest BCUT2D eigenvalue weighted by Crippen LogP contribution is 2.17. The molecule has 1 N–H and O–H groups in total. The van der Waals surface area contributed by atoms with Crippen LogP contribution in [0.3, 0.4) is 0 Å². The molecule has 7 heteroatoms. The van der Waals surface area contributed by atoms with E-state index >= 15 is 0 Å². The molecule has 2 aromatic rings. The monoisotopic (exact) mass is 415 g/mol. The van der Waals surface area contributed by atoms with Gasteiger partial charge in [0.15, 0.2) is 9.84 Å². The second-order valence-corrected chi connectivity index (χ2v) is 9.78. The second-order valence-electron chi connectivity index (χ2n) is 7.76. The topological polar surface area (TPSA) is 69.7 Å². The van der Waals surface area contributed by atoms with Crippen molar-refractivity contribution in [2.75, 3.05) is 32.4 Å². The number of benzene rings is 2. The number of piperazine rings is 1. The average Bonchev–Trinajstić information content (AvgIpc) is 2.68. The van der Waals surface area contributed by atoms with Crippen LogP contribution in [0.5, 0.6) is 0 Å². The Hall–Kier alpha value is -2.38. The molecule has 0 aromatic heterocycles. The minimum absolute atomic E-state index is 0.0834. The minimum Gasteiger partial charge on any atom is -0.331 e. The Morgan fingerprint density at radius 1 is 1.07 bits per heavy atom. The normalized spacial score (nSPS) is 16.4. The number of nitrogens with zero attached hydrogens (tertiary/aromatic N) is 2. The number of rotatable bonds is 5. The van der Waals surface area contributed by atoms with Gasteiger partial charge in [0.2, 0.25) is 0 Å². The van der Waals surface area contributed by atoms with E-state index in [1.807, 2.05) is 11.8 Å². The van der Waals surface area contributed by atoms with Gasteiger partial charge in [0.05, 0.1) is 10.9 Å². The Balaban J connectivity index is 1.50. The minimum atomic E-state index is -3.22. The van der Waals surface area contributed by atoms with Gasteiger partial charge >= 0.3 is 6.03 Å². The standard InChI is InChI=1S/C22H29N3O3S/c1-17-5-4-6-19(15-17)16-24-11-13-25(14-12-24)22(26)23-18(2)20-7-9-21(10-8-20)29(3,27)28/h4-10,15,18H,11-14,16H2,1-3H3,(H,23,26). The molecule has 1 aliphatic heterocycles. The molecule has 0 radical (unpaired) electrons. The SMILES string of the molecule is Cc1cccc(CN2CCN(C(=O)NC(C)c3ccc(S(C)(=O)=O)cc3)CC2)c1. The molecule has 1 unspecified atom stereocenters. The van der Waals surface area contributed by atoms with Crippen molar-refractivity contribution in [1.82, 2.24) is 15.1 Å². The lowest BCUT2D eigenvalue weighted by atomic mass is 10.1. The summed E-state index contributed by atoms with van der Waals surface area (Å²) in [5.74, 6) is 0. The van der Waals surface area contributed by atoms with Crippen LogP contribution in [0.25, 0.3) is 0 Å². The molecule has 6 nitrogen and oxygen atoms in total. The van der Waals surface area contributed by atoms with Crippen molar-refractivity contribution >= 4 is 15.9 Å². The molecule has 1 atom stereocenters. The lowest BCUT2D eigenvalue weighted by Crippen LogP contribution is -2.51. The first-order valence-corrected chi connectivity index (χ1v) is 11.7. The zero-order chi connectivity index (χ0) is 21.0. The zero-order valence-corrected chi connectivity index (χ0v) is 18.1. The molecule has 0 aliphatic carbocycles. The molecule has 1 saturated heterocycles. The Morgan fingerprint density at radius 3 is 2.31 bits per heavy atom. The highest BCUT2D eigenvalue weighted by Gasteiger charge is 2.22. The lowest BCUT2D eigenvalue weighted by molar-refractivity contribution is 0.133. The van der Waals surface area contributed by atoms with Crippen LogP contribution >= 0.6 is 0 Å². The highest BCUT2D eigenvalue weighted by atomic mass is 32.2. The van der Waals surface area contributed by atoms with E-state index in [2.05, 4.69) is 41.4 Å². The largest absolute Gasteiger partial charge is 0.331 e. The maximum absolute atomic E-state index is 12.6. The number of hydrogen-bond acceptors (Lipinski definition) is 4. The Labute approximate surface area is 173 Å².